The van der Waals surface area contributed by atoms with E-state index in [-0.39, 0.29) is 28.7 Å². The summed E-state index contributed by atoms with van der Waals surface area (Å²) in [5.41, 5.74) is 4.83. The Morgan fingerprint density at radius 2 is 1.59 bits per heavy atom. The lowest BCUT2D eigenvalue weighted by Crippen LogP contribution is -2.49. The SMILES string of the molecule is C=C(CN1CCN(C(=O)c2ccccc2-c2c3ccc(=O)cc-3oc3cc(O)ccc23)CC1)NCCCCCOCCNC(=O)/C=C/c1ccc(O)cc1. The van der Waals surface area contributed by atoms with E-state index in [0.717, 1.165) is 66.7 Å². The fourth-order valence-corrected chi connectivity index (χ4v) is 6.58. The molecule has 54 heavy (non-hydrogen) atoms. The molecule has 2 heterocycles. The first kappa shape index (κ1) is 37.8. The number of phenolic OH excluding ortho intramolecular Hbond substituents is 2. The number of piperazine rings is 1. The molecule has 0 aromatic heterocycles. The third-order valence-corrected chi connectivity index (χ3v) is 9.38. The van der Waals surface area contributed by atoms with Gasteiger partial charge in [0.15, 0.2) is 5.43 Å². The number of fused-ring (bicyclic) bond motifs is 2. The van der Waals surface area contributed by atoms with Gasteiger partial charge in [0, 0.05) is 98.4 Å². The molecule has 280 valence electrons. The highest BCUT2D eigenvalue weighted by molar-refractivity contribution is 6.09. The minimum Gasteiger partial charge on any atom is -0.508 e. The van der Waals surface area contributed by atoms with Crippen LogP contribution in [0.1, 0.15) is 35.2 Å². The molecule has 0 radical (unpaired) electrons. The Hall–Kier alpha value is -5.91. The Morgan fingerprint density at radius 1 is 0.815 bits per heavy atom. The molecule has 3 aliphatic rings. The fourth-order valence-electron chi connectivity index (χ4n) is 6.58. The third-order valence-electron chi connectivity index (χ3n) is 9.38. The monoisotopic (exact) mass is 730 g/mol. The van der Waals surface area contributed by atoms with Crippen LogP contribution in [-0.4, -0.2) is 90.9 Å². The Labute approximate surface area is 314 Å². The summed E-state index contributed by atoms with van der Waals surface area (Å²) in [5, 5.41) is 26.4. The number of phenols is 2. The van der Waals surface area contributed by atoms with Gasteiger partial charge >= 0.3 is 0 Å². The van der Waals surface area contributed by atoms with E-state index in [1.807, 2.05) is 29.2 Å². The van der Waals surface area contributed by atoms with E-state index in [0.29, 0.717) is 61.9 Å². The molecule has 0 unspecified atom stereocenters. The van der Waals surface area contributed by atoms with Gasteiger partial charge in [-0.05, 0) is 78.9 Å². The predicted octanol–water partition coefficient (Wildman–Crippen LogP) is 5.85. The number of benzene rings is 4. The molecule has 1 aliphatic carbocycles. The highest BCUT2D eigenvalue weighted by Gasteiger charge is 2.27. The molecule has 2 aliphatic heterocycles. The summed E-state index contributed by atoms with van der Waals surface area (Å²) in [5.74, 6) is 0.374. The molecule has 0 spiro atoms. The van der Waals surface area contributed by atoms with Crippen molar-refractivity contribution < 1.29 is 29.0 Å². The molecule has 0 bridgehead atoms. The minimum atomic E-state index is -0.191. The van der Waals surface area contributed by atoms with Gasteiger partial charge in [-0.2, -0.15) is 0 Å². The molecule has 11 nitrogen and oxygen atoms in total. The van der Waals surface area contributed by atoms with Crippen molar-refractivity contribution in [2.24, 2.45) is 0 Å². The van der Waals surface area contributed by atoms with Gasteiger partial charge in [0.1, 0.15) is 22.8 Å². The van der Waals surface area contributed by atoms with Gasteiger partial charge in [0.2, 0.25) is 5.91 Å². The molecule has 3 aromatic carbocycles. The average molecular weight is 731 g/mol. The Morgan fingerprint density at radius 3 is 2.41 bits per heavy atom. The second-order valence-electron chi connectivity index (χ2n) is 13.3. The molecule has 4 N–H and O–H groups in total. The summed E-state index contributed by atoms with van der Waals surface area (Å²) >= 11 is 0. The van der Waals surface area contributed by atoms with Gasteiger partial charge in [-0.3, -0.25) is 19.3 Å². The molecule has 11 heteroatoms. The van der Waals surface area contributed by atoms with Crippen LogP contribution >= 0.6 is 0 Å². The van der Waals surface area contributed by atoms with Crippen LogP contribution in [0.2, 0.25) is 0 Å². The van der Waals surface area contributed by atoms with E-state index in [1.165, 1.54) is 24.3 Å². The van der Waals surface area contributed by atoms with Crippen LogP contribution in [-0.2, 0) is 9.53 Å². The van der Waals surface area contributed by atoms with Gasteiger partial charge < -0.3 is 34.9 Å². The number of nitrogens with zero attached hydrogens (tertiary/aromatic N) is 2. The van der Waals surface area contributed by atoms with Crippen molar-refractivity contribution in [1.29, 1.82) is 0 Å². The van der Waals surface area contributed by atoms with Crippen LogP contribution in [0.5, 0.6) is 11.5 Å². The second kappa shape index (κ2) is 18.2. The van der Waals surface area contributed by atoms with Crippen molar-refractivity contribution in [3.05, 3.63) is 125 Å². The maximum absolute atomic E-state index is 14.0. The summed E-state index contributed by atoms with van der Waals surface area (Å²) in [6.07, 6.45) is 6.08. The third kappa shape index (κ3) is 9.94. The van der Waals surface area contributed by atoms with Crippen LogP contribution in [0.3, 0.4) is 0 Å². The Kier molecular flexibility index (Phi) is 12.8. The van der Waals surface area contributed by atoms with Crippen LogP contribution in [0.4, 0.5) is 0 Å². The van der Waals surface area contributed by atoms with Crippen LogP contribution < -0.4 is 16.1 Å². The first-order valence-electron chi connectivity index (χ1n) is 18.3. The standard InChI is InChI=1S/C43H46N4O7/c1-30(44-19-5-2-6-25-53-26-20-45-41(51)18-11-31-9-12-32(48)13-10-31)29-46-21-23-47(24-22-46)43(52)36-8-4-3-7-35(36)42-37-16-14-33(49)27-39(37)54-40-28-34(50)15-17-38(40)42/h3-4,7-18,27-28,44,48-49H,1-2,5-6,19-26,29H2,(H,45,51)/b18-11+. The van der Waals surface area contributed by atoms with Crippen molar-refractivity contribution in [2.45, 2.75) is 19.3 Å². The van der Waals surface area contributed by atoms with Crippen molar-refractivity contribution in [1.82, 2.24) is 20.4 Å². The summed E-state index contributed by atoms with van der Waals surface area (Å²) in [6, 6.07) is 23.7. The summed E-state index contributed by atoms with van der Waals surface area (Å²) in [6.45, 7) is 9.89. The van der Waals surface area contributed by atoms with Crippen molar-refractivity contribution in [3.8, 4) is 33.9 Å². The number of nitrogens with one attached hydrogen (secondary N) is 2. The van der Waals surface area contributed by atoms with E-state index in [4.69, 9.17) is 9.15 Å². The molecule has 0 saturated carbocycles. The van der Waals surface area contributed by atoms with Crippen LogP contribution in [0.15, 0.2) is 112 Å². The zero-order valence-corrected chi connectivity index (χ0v) is 30.3. The van der Waals surface area contributed by atoms with E-state index >= 15 is 0 Å². The molecule has 1 fully saturated rings. The number of hydrogen-bond acceptors (Lipinski definition) is 9. The number of aromatic hydroxyl groups is 2. The maximum atomic E-state index is 14.0. The lowest BCUT2D eigenvalue weighted by molar-refractivity contribution is -0.116. The van der Waals surface area contributed by atoms with E-state index in [1.54, 1.807) is 48.5 Å². The van der Waals surface area contributed by atoms with Gasteiger partial charge in [0.05, 0.1) is 6.61 Å². The number of rotatable bonds is 16. The van der Waals surface area contributed by atoms with Gasteiger partial charge in [-0.25, -0.2) is 0 Å². The first-order valence-corrected chi connectivity index (χ1v) is 18.3. The van der Waals surface area contributed by atoms with Gasteiger partial charge in [-0.15, -0.1) is 0 Å². The number of amides is 2. The molecule has 3 aromatic rings. The van der Waals surface area contributed by atoms with Gasteiger partial charge in [-0.1, -0.05) is 36.9 Å². The summed E-state index contributed by atoms with van der Waals surface area (Å²) < 4.78 is 11.7. The van der Waals surface area contributed by atoms with E-state index in [9.17, 15) is 24.6 Å². The maximum Gasteiger partial charge on any atom is 0.254 e. The van der Waals surface area contributed by atoms with E-state index in [2.05, 4.69) is 22.1 Å². The predicted molar refractivity (Wildman–Crippen MR) is 211 cm³/mol. The Bertz CT molecular complexity index is 2130. The summed E-state index contributed by atoms with van der Waals surface area (Å²) in [4.78, 5) is 42.4. The first-order chi connectivity index (χ1) is 26.2. The van der Waals surface area contributed by atoms with Gasteiger partial charge in [0.25, 0.3) is 5.91 Å². The van der Waals surface area contributed by atoms with Crippen LogP contribution in [0.25, 0.3) is 39.5 Å². The summed E-state index contributed by atoms with van der Waals surface area (Å²) in [7, 11) is 0. The smallest absolute Gasteiger partial charge is 0.254 e. The van der Waals surface area contributed by atoms with Crippen molar-refractivity contribution in [3.63, 3.8) is 0 Å². The second-order valence-corrected chi connectivity index (χ2v) is 13.3. The highest BCUT2D eigenvalue weighted by Crippen LogP contribution is 2.42. The van der Waals surface area contributed by atoms with Crippen molar-refractivity contribution in [2.75, 3.05) is 59.0 Å². The molecular formula is C43H46N4O7. The number of hydrogen-bond donors (Lipinski definition) is 4. The molecule has 0 atom stereocenters. The van der Waals surface area contributed by atoms with E-state index < -0.39 is 0 Å². The zero-order valence-electron chi connectivity index (χ0n) is 30.3. The number of carbonyl (C=O) groups is 2. The lowest BCUT2D eigenvalue weighted by atomic mass is 9.90. The van der Waals surface area contributed by atoms with Crippen molar-refractivity contribution >= 4 is 28.9 Å². The molecule has 6 rings (SSSR count). The molecule has 1 saturated heterocycles. The minimum absolute atomic E-state index is 0.0473. The quantitative estimate of drug-likeness (QED) is 0.0558. The fraction of sp³-hybridized carbons (Fsp3) is 0.279. The largest absolute Gasteiger partial charge is 0.508 e. The number of carbonyl (C=O) groups excluding carboxylic acids is 2. The normalized spacial score (nSPS) is 13.4. The highest BCUT2D eigenvalue weighted by atomic mass is 16.5. The zero-order chi connectivity index (χ0) is 37.9. The number of ether oxygens (including phenoxy) is 1. The molecule has 2 amide bonds. The lowest BCUT2D eigenvalue weighted by Gasteiger charge is -2.35. The molecular weight excluding hydrogens is 684 g/mol. The van der Waals surface area contributed by atoms with Crippen LogP contribution in [0, 0.1) is 0 Å². The average Bonchev–Trinajstić information content (AvgIpc) is 3.17. The number of unbranched alkanes of at least 4 members (excludes halogenated alkanes) is 2. The topological polar surface area (TPSA) is 145 Å². The Balaban J connectivity index is 0.901.